The Hall–Kier alpha value is -2.33. The Morgan fingerprint density at radius 1 is 1.21 bits per heavy atom. The molecule has 2 N–H and O–H groups in total. The second-order valence-electron chi connectivity index (χ2n) is 6.29. The maximum atomic E-state index is 12.8. The molecule has 1 saturated heterocycles. The minimum absolute atomic E-state index is 0.00744. The molecular weight excluding hydrogens is 306 g/mol. The molecule has 1 aliphatic heterocycles. The lowest BCUT2D eigenvalue weighted by Gasteiger charge is -2.21. The monoisotopic (exact) mass is 329 g/mol. The first-order valence-corrected chi connectivity index (χ1v) is 8.47. The van der Waals surface area contributed by atoms with Gasteiger partial charge in [0, 0.05) is 37.4 Å². The Morgan fingerprint density at radius 2 is 2.08 bits per heavy atom. The highest BCUT2D eigenvalue weighted by Gasteiger charge is 2.28. The molecule has 3 rings (SSSR count). The lowest BCUT2D eigenvalue weighted by molar-refractivity contribution is -0.121. The molecule has 7 heteroatoms. The van der Waals surface area contributed by atoms with E-state index >= 15 is 0 Å². The number of carbonyl (C=O) groups excluding carboxylic acids is 2. The molecule has 7 nitrogen and oxygen atoms in total. The number of aromatic amines is 1. The Balaban J connectivity index is 1.56. The zero-order chi connectivity index (χ0) is 16.9. The van der Waals surface area contributed by atoms with Crippen LogP contribution in [-0.2, 0) is 17.6 Å². The number of aromatic nitrogens is 2. The van der Waals surface area contributed by atoms with E-state index in [1.807, 2.05) is 4.90 Å². The van der Waals surface area contributed by atoms with Crippen LogP contribution in [0.25, 0.3) is 0 Å². The van der Waals surface area contributed by atoms with Gasteiger partial charge in [-0.2, -0.15) is 5.10 Å². The van der Waals surface area contributed by atoms with Gasteiger partial charge in [-0.15, -0.1) is 6.42 Å². The number of hydrogen-bond acceptors (Lipinski definition) is 4. The van der Waals surface area contributed by atoms with Gasteiger partial charge in [0.1, 0.15) is 0 Å². The van der Waals surface area contributed by atoms with Crippen LogP contribution in [0.1, 0.15) is 34.6 Å². The van der Waals surface area contributed by atoms with E-state index in [2.05, 4.69) is 26.3 Å². The molecule has 1 aromatic rings. The van der Waals surface area contributed by atoms with Crippen LogP contribution in [0, 0.1) is 12.3 Å². The van der Waals surface area contributed by atoms with E-state index in [1.165, 1.54) is 0 Å². The van der Waals surface area contributed by atoms with Gasteiger partial charge in [-0.1, -0.05) is 5.92 Å². The molecule has 0 spiro atoms. The molecule has 2 amide bonds. The number of amides is 2. The molecule has 24 heavy (non-hydrogen) atoms. The molecule has 0 radical (unpaired) electrons. The summed E-state index contributed by atoms with van der Waals surface area (Å²) in [6.45, 7) is 3.36. The lowest BCUT2D eigenvalue weighted by atomic mass is 10.2. The van der Waals surface area contributed by atoms with Crippen LogP contribution in [0.3, 0.4) is 0 Å². The van der Waals surface area contributed by atoms with Crippen LogP contribution >= 0.6 is 0 Å². The molecule has 0 atom stereocenters. The number of nitrogens with one attached hydrogen (secondary N) is 2. The van der Waals surface area contributed by atoms with Gasteiger partial charge < -0.3 is 10.2 Å². The van der Waals surface area contributed by atoms with E-state index in [-0.39, 0.29) is 18.4 Å². The van der Waals surface area contributed by atoms with Gasteiger partial charge in [-0.25, -0.2) is 0 Å². The lowest BCUT2D eigenvalue weighted by Crippen LogP contribution is -2.40. The Bertz CT molecular complexity index is 660. The first-order valence-electron chi connectivity index (χ1n) is 8.47. The van der Waals surface area contributed by atoms with Crippen molar-refractivity contribution in [3.05, 3.63) is 17.0 Å². The molecule has 2 aliphatic rings. The highest BCUT2D eigenvalue weighted by molar-refractivity contribution is 5.94. The van der Waals surface area contributed by atoms with Crippen molar-refractivity contribution >= 4 is 11.8 Å². The SMILES string of the molecule is C#CCNC(=O)CN1CCCN(C(=O)c2n[nH]c3c2CCC3)CC1. The number of carbonyl (C=O) groups is 2. The maximum Gasteiger partial charge on any atom is 0.274 e. The first-order chi connectivity index (χ1) is 11.7. The van der Waals surface area contributed by atoms with Gasteiger partial charge in [-0.3, -0.25) is 19.6 Å². The summed E-state index contributed by atoms with van der Waals surface area (Å²) < 4.78 is 0. The quantitative estimate of drug-likeness (QED) is 0.750. The third-order valence-corrected chi connectivity index (χ3v) is 4.64. The third kappa shape index (κ3) is 3.60. The summed E-state index contributed by atoms with van der Waals surface area (Å²) in [4.78, 5) is 28.5. The number of fused-ring (bicyclic) bond motifs is 1. The fraction of sp³-hybridized carbons (Fsp3) is 0.588. The number of rotatable bonds is 4. The van der Waals surface area contributed by atoms with Crippen molar-refractivity contribution in [2.45, 2.75) is 25.7 Å². The average Bonchev–Trinajstić information content (AvgIpc) is 3.11. The Morgan fingerprint density at radius 3 is 2.92 bits per heavy atom. The van der Waals surface area contributed by atoms with Crippen molar-refractivity contribution in [2.75, 3.05) is 39.3 Å². The second kappa shape index (κ2) is 7.49. The van der Waals surface area contributed by atoms with Gasteiger partial charge in [-0.05, 0) is 25.7 Å². The third-order valence-electron chi connectivity index (χ3n) is 4.64. The predicted molar refractivity (Wildman–Crippen MR) is 89.4 cm³/mol. The van der Waals surface area contributed by atoms with Crippen LogP contribution in [0.5, 0.6) is 0 Å². The van der Waals surface area contributed by atoms with Gasteiger partial charge in [0.2, 0.25) is 5.91 Å². The van der Waals surface area contributed by atoms with Crippen molar-refractivity contribution in [2.24, 2.45) is 0 Å². The summed E-state index contributed by atoms with van der Waals surface area (Å²) in [5, 5.41) is 9.90. The molecular formula is C17H23N5O2. The molecule has 0 aromatic carbocycles. The smallest absolute Gasteiger partial charge is 0.274 e. The first kappa shape index (κ1) is 16.5. The van der Waals surface area contributed by atoms with Crippen LogP contribution in [0.15, 0.2) is 0 Å². The van der Waals surface area contributed by atoms with Crippen molar-refractivity contribution in [3.63, 3.8) is 0 Å². The summed E-state index contributed by atoms with van der Waals surface area (Å²) in [5.41, 5.74) is 2.79. The molecule has 0 saturated carbocycles. The number of hydrogen-bond donors (Lipinski definition) is 2. The van der Waals surface area contributed by atoms with E-state index in [4.69, 9.17) is 6.42 Å². The topological polar surface area (TPSA) is 81.3 Å². The average molecular weight is 329 g/mol. The van der Waals surface area contributed by atoms with Gasteiger partial charge in [0.15, 0.2) is 5.69 Å². The molecule has 1 aromatic heterocycles. The van der Waals surface area contributed by atoms with E-state index in [9.17, 15) is 9.59 Å². The number of aryl methyl sites for hydroxylation is 1. The van der Waals surface area contributed by atoms with E-state index in [0.29, 0.717) is 31.9 Å². The van der Waals surface area contributed by atoms with Crippen LogP contribution in [0.4, 0.5) is 0 Å². The molecule has 0 bridgehead atoms. The van der Waals surface area contributed by atoms with Crippen molar-refractivity contribution < 1.29 is 9.59 Å². The zero-order valence-electron chi connectivity index (χ0n) is 13.8. The molecule has 1 aliphatic carbocycles. The zero-order valence-corrected chi connectivity index (χ0v) is 13.8. The molecule has 128 valence electrons. The second-order valence-corrected chi connectivity index (χ2v) is 6.29. The number of nitrogens with zero attached hydrogens (tertiary/aromatic N) is 3. The Kier molecular flexibility index (Phi) is 5.16. The van der Waals surface area contributed by atoms with Gasteiger partial charge in [0.25, 0.3) is 5.91 Å². The summed E-state index contributed by atoms with van der Waals surface area (Å²) >= 11 is 0. The van der Waals surface area contributed by atoms with Gasteiger partial charge >= 0.3 is 0 Å². The minimum atomic E-state index is -0.0714. The minimum Gasteiger partial charge on any atom is -0.344 e. The van der Waals surface area contributed by atoms with E-state index in [0.717, 1.165) is 43.5 Å². The standard InChI is InChI=1S/C17H23N5O2/c1-2-7-18-15(23)12-21-8-4-9-22(11-10-21)17(24)16-13-5-3-6-14(13)19-20-16/h1H,3-12H2,(H,18,23)(H,19,20). The van der Waals surface area contributed by atoms with E-state index < -0.39 is 0 Å². The van der Waals surface area contributed by atoms with Crippen molar-refractivity contribution in [3.8, 4) is 12.3 Å². The van der Waals surface area contributed by atoms with Crippen LogP contribution < -0.4 is 5.32 Å². The Labute approximate surface area is 141 Å². The highest BCUT2D eigenvalue weighted by atomic mass is 16.2. The maximum absolute atomic E-state index is 12.8. The number of H-pyrrole nitrogens is 1. The van der Waals surface area contributed by atoms with Crippen molar-refractivity contribution in [1.82, 2.24) is 25.3 Å². The van der Waals surface area contributed by atoms with Crippen LogP contribution in [-0.4, -0.2) is 71.1 Å². The summed E-state index contributed by atoms with van der Waals surface area (Å²) in [6, 6.07) is 0. The normalized spacial score (nSPS) is 17.9. The summed E-state index contributed by atoms with van der Waals surface area (Å²) in [7, 11) is 0. The summed E-state index contributed by atoms with van der Waals surface area (Å²) in [5.74, 6) is 2.33. The fourth-order valence-corrected chi connectivity index (χ4v) is 3.39. The largest absolute Gasteiger partial charge is 0.344 e. The predicted octanol–water partition coefficient (Wildman–Crippen LogP) is -0.204. The molecule has 1 fully saturated rings. The van der Waals surface area contributed by atoms with Gasteiger partial charge in [0.05, 0.1) is 13.1 Å². The van der Waals surface area contributed by atoms with E-state index in [1.54, 1.807) is 0 Å². The number of terminal acetylenes is 1. The molecule has 0 unspecified atom stereocenters. The fourth-order valence-electron chi connectivity index (χ4n) is 3.39. The van der Waals surface area contributed by atoms with Crippen LogP contribution in [0.2, 0.25) is 0 Å². The molecule has 2 heterocycles. The highest BCUT2D eigenvalue weighted by Crippen LogP contribution is 2.24. The summed E-state index contributed by atoms with van der Waals surface area (Å²) in [6.07, 6.45) is 8.99. The van der Waals surface area contributed by atoms with Crippen molar-refractivity contribution in [1.29, 1.82) is 0 Å².